The average Bonchev–Trinajstić information content (AvgIpc) is 2.19. The summed E-state index contributed by atoms with van der Waals surface area (Å²) in [6.07, 6.45) is -1.33. The van der Waals surface area contributed by atoms with Gasteiger partial charge in [-0.3, -0.25) is 0 Å². The second-order valence-electron chi connectivity index (χ2n) is 3.30. The van der Waals surface area contributed by atoms with Gasteiger partial charge in [-0.05, 0) is 24.7 Å². The van der Waals surface area contributed by atoms with Crippen LogP contribution >= 0.6 is 0 Å². The van der Waals surface area contributed by atoms with Crippen LogP contribution in [-0.2, 0) is 6.18 Å². The number of hydrogen-bond donors (Lipinski definition) is 2. The molecule has 0 aromatic heterocycles. The zero-order chi connectivity index (χ0) is 12.2. The normalized spacial score (nSPS) is 12.2. The molecule has 0 bridgehead atoms. The summed E-state index contributed by atoms with van der Waals surface area (Å²) in [6.45, 7) is 0.516. The number of benzene rings is 1. The molecule has 0 heterocycles. The van der Waals surface area contributed by atoms with Crippen molar-refractivity contribution in [2.24, 2.45) is 0 Å². The molecule has 16 heavy (non-hydrogen) atoms. The fourth-order valence-corrected chi connectivity index (χ4v) is 1.27. The number of rotatable bonds is 3. The van der Waals surface area contributed by atoms with Crippen LogP contribution in [0.5, 0.6) is 0 Å². The van der Waals surface area contributed by atoms with E-state index in [0.29, 0.717) is 6.54 Å². The molecule has 0 aliphatic rings. The molecular weight excluding hydrogens is 217 g/mol. The Morgan fingerprint density at radius 1 is 1.38 bits per heavy atom. The van der Waals surface area contributed by atoms with Gasteiger partial charge in [-0.2, -0.15) is 13.2 Å². The minimum absolute atomic E-state index is 0.109. The highest BCUT2D eigenvalue weighted by Crippen LogP contribution is 2.33. The van der Waals surface area contributed by atoms with E-state index in [1.54, 1.807) is 13.1 Å². The highest BCUT2D eigenvalue weighted by Gasteiger charge is 2.32. The van der Waals surface area contributed by atoms with Gasteiger partial charge < -0.3 is 11.1 Å². The Balaban J connectivity index is 3.08. The Labute approximate surface area is 92.0 Å². The van der Waals surface area contributed by atoms with Crippen LogP contribution in [0.25, 0.3) is 6.08 Å². The van der Waals surface area contributed by atoms with Crippen LogP contribution in [0.1, 0.15) is 11.1 Å². The van der Waals surface area contributed by atoms with Crippen molar-refractivity contribution in [1.29, 1.82) is 0 Å². The lowest BCUT2D eigenvalue weighted by molar-refractivity contribution is -0.137. The van der Waals surface area contributed by atoms with E-state index in [4.69, 9.17) is 5.73 Å². The second kappa shape index (κ2) is 5.03. The van der Waals surface area contributed by atoms with Crippen LogP contribution in [0.2, 0.25) is 0 Å². The smallest absolute Gasteiger partial charge is 0.399 e. The zero-order valence-corrected chi connectivity index (χ0v) is 8.81. The van der Waals surface area contributed by atoms with Crippen molar-refractivity contribution in [3.05, 3.63) is 35.4 Å². The molecule has 0 atom stereocenters. The number of halogens is 3. The molecule has 88 valence electrons. The monoisotopic (exact) mass is 230 g/mol. The SMILES string of the molecule is CNCC=Cc1ccc(N)cc1C(F)(F)F. The molecule has 3 N–H and O–H groups in total. The summed E-state index contributed by atoms with van der Waals surface area (Å²) in [5.74, 6) is 0. The van der Waals surface area contributed by atoms with E-state index in [-0.39, 0.29) is 11.3 Å². The van der Waals surface area contributed by atoms with Crippen LogP contribution in [0, 0.1) is 0 Å². The second-order valence-corrected chi connectivity index (χ2v) is 3.30. The molecule has 2 nitrogen and oxygen atoms in total. The molecule has 1 rings (SSSR count). The maximum atomic E-state index is 12.6. The molecule has 0 unspecified atom stereocenters. The van der Waals surface area contributed by atoms with Gasteiger partial charge in [-0.25, -0.2) is 0 Å². The topological polar surface area (TPSA) is 38.0 Å². The molecule has 1 aromatic carbocycles. The molecule has 0 spiro atoms. The van der Waals surface area contributed by atoms with E-state index in [2.05, 4.69) is 5.32 Å². The molecule has 0 aliphatic heterocycles. The summed E-state index contributed by atoms with van der Waals surface area (Å²) >= 11 is 0. The minimum Gasteiger partial charge on any atom is -0.399 e. The molecule has 0 saturated carbocycles. The number of likely N-dealkylation sites (N-methyl/N-ethyl adjacent to an activating group) is 1. The highest BCUT2D eigenvalue weighted by molar-refractivity contribution is 5.59. The quantitative estimate of drug-likeness (QED) is 0.783. The molecule has 5 heteroatoms. The Bertz CT molecular complexity index is 383. The molecular formula is C11H13F3N2. The van der Waals surface area contributed by atoms with Crippen LogP contribution in [0.15, 0.2) is 24.3 Å². The third-order valence-corrected chi connectivity index (χ3v) is 2.00. The highest BCUT2D eigenvalue weighted by atomic mass is 19.4. The average molecular weight is 230 g/mol. The van der Waals surface area contributed by atoms with Crippen molar-refractivity contribution in [1.82, 2.24) is 5.32 Å². The third-order valence-electron chi connectivity index (χ3n) is 2.00. The molecule has 1 aromatic rings. The first-order chi connectivity index (χ1) is 7.45. The lowest BCUT2D eigenvalue weighted by Gasteiger charge is -2.11. The molecule has 0 aliphatic carbocycles. The van der Waals surface area contributed by atoms with Crippen LogP contribution in [0.4, 0.5) is 18.9 Å². The van der Waals surface area contributed by atoms with Crippen molar-refractivity contribution in [2.45, 2.75) is 6.18 Å². The molecule has 0 amide bonds. The minimum atomic E-state index is -4.38. The predicted octanol–water partition coefficient (Wildman–Crippen LogP) is 2.52. The maximum absolute atomic E-state index is 12.6. The van der Waals surface area contributed by atoms with Crippen molar-refractivity contribution in [2.75, 3.05) is 19.3 Å². The van der Waals surface area contributed by atoms with Gasteiger partial charge >= 0.3 is 6.18 Å². The van der Waals surface area contributed by atoms with E-state index in [0.717, 1.165) is 6.07 Å². The Morgan fingerprint density at radius 3 is 2.62 bits per heavy atom. The van der Waals surface area contributed by atoms with Crippen LogP contribution in [0.3, 0.4) is 0 Å². The largest absolute Gasteiger partial charge is 0.417 e. The van der Waals surface area contributed by atoms with Gasteiger partial charge in [0.2, 0.25) is 0 Å². The van der Waals surface area contributed by atoms with Crippen molar-refractivity contribution in [3.63, 3.8) is 0 Å². The number of anilines is 1. The van der Waals surface area contributed by atoms with Crippen LogP contribution < -0.4 is 11.1 Å². The molecule has 0 fully saturated rings. The fraction of sp³-hybridized carbons (Fsp3) is 0.273. The first kappa shape index (κ1) is 12.6. The summed E-state index contributed by atoms with van der Waals surface area (Å²) in [4.78, 5) is 0. The number of nitrogens with one attached hydrogen (secondary N) is 1. The predicted molar refractivity (Wildman–Crippen MR) is 58.8 cm³/mol. The molecule has 0 radical (unpaired) electrons. The van der Waals surface area contributed by atoms with Crippen molar-refractivity contribution >= 4 is 11.8 Å². The summed E-state index contributed by atoms with van der Waals surface area (Å²) in [5, 5.41) is 2.81. The van der Waals surface area contributed by atoms with Gasteiger partial charge in [0.25, 0.3) is 0 Å². The first-order valence-corrected chi connectivity index (χ1v) is 4.73. The number of nitrogen functional groups attached to an aromatic ring is 1. The van der Waals surface area contributed by atoms with E-state index < -0.39 is 11.7 Å². The first-order valence-electron chi connectivity index (χ1n) is 4.73. The third kappa shape index (κ3) is 3.27. The lowest BCUT2D eigenvalue weighted by atomic mass is 10.1. The van der Waals surface area contributed by atoms with Crippen LogP contribution in [-0.4, -0.2) is 13.6 Å². The fourth-order valence-electron chi connectivity index (χ4n) is 1.27. The summed E-state index contributed by atoms with van der Waals surface area (Å²) in [6, 6.07) is 3.76. The number of hydrogen-bond acceptors (Lipinski definition) is 2. The molecule has 0 saturated heterocycles. The maximum Gasteiger partial charge on any atom is 0.417 e. The summed E-state index contributed by atoms with van der Waals surface area (Å²) < 4.78 is 37.9. The van der Waals surface area contributed by atoms with Gasteiger partial charge in [0.05, 0.1) is 5.56 Å². The van der Waals surface area contributed by atoms with Gasteiger partial charge in [0.15, 0.2) is 0 Å². The standard InChI is InChI=1S/C11H13F3N2/c1-16-6-2-3-8-4-5-9(15)7-10(8)11(12,13)14/h2-5,7,16H,6,15H2,1H3. The van der Waals surface area contributed by atoms with E-state index >= 15 is 0 Å². The number of nitrogens with two attached hydrogens (primary N) is 1. The van der Waals surface area contributed by atoms with Gasteiger partial charge in [0, 0.05) is 12.2 Å². The Hall–Kier alpha value is -1.49. The van der Waals surface area contributed by atoms with E-state index in [9.17, 15) is 13.2 Å². The van der Waals surface area contributed by atoms with E-state index in [1.165, 1.54) is 18.2 Å². The van der Waals surface area contributed by atoms with Gasteiger partial charge in [-0.15, -0.1) is 0 Å². The number of alkyl halides is 3. The zero-order valence-electron chi connectivity index (χ0n) is 8.81. The Morgan fingerprint density at radius 2 is 2.06 bits per heavy atom. The summed E-state index contributed by atoms with van der Waals surface area (Å²) in [5.41, 5.74) is 4.87. The van der Waals surface area contributed by atoms with Gasteiger partial charge in [0.1, 0.15) is 0 Å². The van der Waals surface area contributed by atoms with Gasteiger partial charge in [-0.1, -0.05) is 18.2 Å². The van der Waals surface area contributed by atoms with Crippen molar-refractivity contribution in [3.8, 4) is 0 Å². The summed E-state index contributed by atoms with van der Waals surface area (Å²) in [7, 11) is 1.72. The lowest BCUT2D eigenvalue weighted by Crippen LogP contribution is -2.08. The van der Waals surface area contributed by atoms with Crippen molar-refractivity contribution < 1.29 is 13.2 Å². The van der Waals surface area contributed by atoms with E-state index in [1.807, 2.05) is 0 Å². The Kier molecular flexibility index (Phi) is 3.95.